The fourth-order valence-electron chi connectivity index (χ4n) is 4.61. The summed E-state index contributed by atoms with van der Waals surface area (Å²) in [6.45, 7) is 18.2. The quantitative estimate of drug-likeness (QED) is 0.159. The second kappa shape index (κ2) is 21.1. The highest BCUT2D eigenvalue weighted by Crippen LogP contribution is 2.31. The van der Waals surface area contributed by atoms with Crippen LogP contribution in [0.2, 0.25) is 10.0 Å². The lowest BCUT2D eigenvalue weighted by atomic mass is 10.1. The molecule has 0 spiro atoms. The summed E-state index contributed by atoms with van der Waals surface area (Å²) in [5.41, 5.74) is 10.6. The lowest BCUT2D eigenvalue weighted by Gasteiger charge is -2.07. The smallest absolute Gasteiger partial charge is 0.207 e. The number of aryl methyl sites for hydroxylation is 9. The molecule has 0 amide bonds. The molecule has 1 nitrogen and oxygen atoms in total. The summed E-state index contributed by atoms with van der Waals surface area (Å²) in [6, 6.07) is 30.4. The third-order valence-corrected chi connectivity index (χ3v) is 7.50. The third kappa shape index (κ3) is 17.7. The molecule has 0 bridgehead atoms. The molecule has 0 aliphatic rings. The molecule has 5 rings (SSSR count). The van der Waals surface area contributed by atoms with E-state index in [2.05, 4.69) is 77.9 Å². The Bertz CT molecular complexity index is 1730. The number of nitriles is 1. The highest BCUT2D eigenvalue weighted by Gasteiger charge is 2.30. The SMILES string of the molecule is CCc1cc(C)cc(C)c1.Cc1cc(C(F)(F)F)ccc1Cl.Cc1cc(C)cc(C)c1.Cc1ccc(C#N)c(Cl)c1.Cc1cccc(F)c1. The maximum Gasteiger partial charge on any atom is 0.416 e. The average molecular weight is 711 g/mol. The van der Waals surface area contributed by atoms with Crippen LogP contribution in [0.1, 0.15) is 68.1 Å². The molecule has 0 saturated heterocycles. The van der Waals surface area contributed by atoms with Gasteiger partial charge in [-0.2, -0.15) is 18.4 Å². The Morgan fingerprint density at radius 1 is 0.571 bits per heavy atom. The fourth-order valence-corrected chi connectivity index (χ4v) is 5.01. The lowest BCUT2D eigenvalue weighted by molar-refractivity contribution is -0.137. The first kappa shape index (κ1) is 42.9. The maximum absolute atomic E-state index is 12.2. The van der Waals surface area contributed by atoms with Crippen LogP contribution >= 0.6 is 23.2 Å². The highest BCUT2D eigenvalue weighted by atomic mass is 35.5. The zero-order valence-electron chi connectivity index (χ0n) is 29.7. The first-order valence-corrected chi connectivity index (χ1v) is 16.4. The molecule has 0 N–H and O–H groups in total. The van der Waals surface area contributed by atoms with E-state index in [9.17, 15) is 17.6 Å². The van der Waals surface area contributed by atoms with Gasteiger partial charge in [0.2, 0.25) is 0 Å². The summed E-state index contributed by atoms with van der Waals surface area (Å²) in [4.78, 5) is 0. The van der Waals surface area contributed by atoms with Crippen molar-refractivity contribution >= 4 is 23.2 Å². The standard InChI is InChI=1S/C10H14.C9H12.C8H6ClF3.C8H6ClN.C7H7F/c1-4-10-6-8(2)5-9(3)7-10;1-7-4-8(2)6-9(3)5-7;1-5-4-6(8(10,11)12)2-3-7(5)9;1-6-2-3-7(5-10)8(9)4-6;1-6-3-2-4-7(8)5-6/h5-7H,4H2,1-3H3;4-6H,1-3H3;2-4H,1H3;2-4H,1H3;2-5H,1H3. The number of alkyl halides is 3. The summed E-state index contributed by atoms with van der Waals surface area (Å²) in [7, 11) is 0. The molecular formula is C42H45Cl2F4N. The van der Waals surface area contributed by atoms with Crippen molar-refractivity contribution in [2.75, 3.05) is 0 Å². The lowest BCUT2D eigenvalue weighted by Crippen LogP contribution is -2.04. The number of rotatable bonds is 1. The molecule has 0 radical (unpaired) electrons. The average Bonchev–Trinajstić information content (AvgIpc) is 2.98. The molecule has 0 saturated carbocycles. The Balaban J connectivity index is 0.000000308. The molecule has 0 fully saturated rings. The van der Waals surface area contributed by atoms with E-state index in [0.717, 1.165) is 29.7 Å². The second-order valence-electron chi connectivity index (χ2n) is 11.9. The Hall–Kier alpha value is -4.11. The fraction of sp³-hybridized carbons (Fsp3) is 0.262. The highest BCUT2D eigenvalue weighted by molar-refractivity contribution is 6.31. The molecule has 0 aliphatic carbocycles. The van der Waals surface area contributed by atoms with Gasteiger partial charge in [-0.05, 0) is 127 Å². The molecular weight excluding hydrogens is 665 g/mol. The minimum Gasteiger partial charge on any atom is -0.207 e. The first-order chi connectivity index (χ1) is 22.8. The molecule has 5 aromatic carbocycles. The minimum atomic E-state index is -4.28. The van der Waals surface area contributed by atoms with E-state index in [4.69, 9.17) is 28.5 Å². The van der Waals surface area contributed by atoms with Gasteiger partial charge in [-0.3, -0.25) is 0 Å². The number of benzene rings is 5. The summed E-state index contributed by atoms with van der Waals surface area (Å²) in [6.07, 6.45) is -3.14. The number of halogens is 6. The molecule has 49 heavy (non-hydrogen) atoms. The van der Waals surface area contributed by atoms with Crippen LogP contribution in [0, 0.1) is 72.5 Å². The molecule has 5 aromatic rings. The topological polar surface area (TPSA) is 23.8 Å². The minimum absolute atomic E-state index is 0.162. The molecule has 7 heteroatoms. The maximum atomic E-state index is 12.2. The number of hydrogen-bond acceptors (Lipinski definition) is 1. The normalized spacial score (nSPS) is 10.0. The number of hydrogen-bond donors (Lipinski definition) is 0. The van der Waals surface area contributed by atoms with E-state index in [0.29, 0.717) is 21.2 Å². The first-order valence-electron chi connectivity index (χ1n) is 15.7. The van der Waals surface area contributed by atoms with Crippen molar-refractivity contribution in [2.45, 2.75) is 74.9 Å². The molecule has 0 aromatic heterocycles. The molecule has 260 valence electrons. The van der Waals surface area contributed by atoms with Gasteiger partial charge in [-0.25, -0.2) is 4.39 Å². The van der Waals surface area contributed by atoms with Gasteiger partial charge in [0.1, 0.15) is 11.9 Å². The van der Waals surface area contributed by atoms with E-state index >= 15 is 0 Å². The van der Waals surface area contributed by atoms with Crippen LogP contribution in [0.15, 0.2) is 97.1 Å². The second-order valence-corrected chi connectivity index (χ2v) is 12.7. The summed E-state index contributed by atoms with van der Waals surface area (Å²) in [5.74, 6) is -0.162. The molecule has 0 unspecified atom stereocenters. The Kier molecular flexibility index (Phi) is 18.5. The van der Waals surface area contributed by atoms with Gasteiger partial charge in [0.05, 0.1) is 16.1 Å². The van der Waals surface area contributed by atoms with Crippen molar-refractivity contribution in [3.05, 3.63) is 174 Å². The molecule has 0 aliphatic heterocycles. The Morgan fingerprint density at radius 3 is 1.43 bits per heavy atom. The van der Waals surface area contributed by atoms with Gasteiger partial charge < -0.3 is 0 Å². The van der Waals surface area contributed by atoms with Crippen molar-refractivity contribution in [1.82, 2.24) is 0 Å². The molecule has 0 atom stereocenters. The Morgan fingerprint density at radius 2 is 1.06 bits per heavy atom. The molecule has 0 heterocycles. The van der Waals surface area contributed by atoms with E-state index in [1.54, 1.807) is 18.2 Å². The summed E-state index contributed by atoms with van der Waals surface area (Å²) < 4.78 is 48.3. The van der Waals surface area contributed by atoms with Crippen LogP contribution in [0.5, 0.6) is 0 Å². The van der Waals surface area contributed by atoms with Crippen molar-refractivity contribution in [1.29, 1.82) is 5.26 Å². The van der Waals surface area contributed by atoms with Crippen molar-refractivity contribution in [3.8, 4) is 6.07 Å². The van der Waals surface area contributed by atoms with Gasteiger partial charge in [-0.15, -0.1) is 0 Å². The zero-order chi connectivity index (χ0) is 37.3. The summed E-state index contributed by atoms with van der Waals surface area (Å²) in [5, 5.41) is 9.35. The van der Waals surface area contributed by atoms with Crippen LogP contribution < -0.4 is 0 Å². The van der Waals surface area contributed by atoms with E-state index in [1.807, 2.05) is 32.0 Å². The van der Waals surface area contributed by atoms with E-state index < -0.39 is 11.7 Å². The predicted molar refractivity (Wildman–Crippen MR) is 199 cm³/mol. The van der Waals surface area contributed by atoms with Crippen LogP contribution in [-0.2, 0) is 12.6 Å². The van der Waals surface area contributed by atoms with Crippen molar-refractivity contribution in [2.24, 2.45) is 0 Å². The third-order valence-electron chi connectivity index (χ3n) is 6.77. The zero-order valence-corrected chi connectivity index (χ0v) is 31.2. The summed E-state index contributed by atoms with van der Waals surface area (Å²) >= 11 is 11.3. The van der Waals surface area contributed by atoms with E-state index in [1.165, 1.54) is 58.5 Å². The van der Waals surface area contributed by atoms with Gasteiger partial charge in [0, 0.05) is 5.02 Å². The number of nitrogens with zero attached hydrogens (tertiary/aromatic N) is 1. The largest absolute Gasteiger partial charge is 0.416 e. The van der Waals surface area contributed by atoms with Crippen LogP contribution in [0.3, 0.4) is 0 Å². The van der Waals surface area contributed by atoms with Gasteiger partial charge in [0.25, 0.3) is 0 Å². The van der Waals surface area contributed by atoms with Gasteiger partial charge >= 0.3 is 6.18 Å². The van der Waals surface area contributed by atoms with Crippen LogP contribution in [0.25, 0.3) is 0 Å². The van der Waals surface area contributed by atoms with Crippen LogP contribution in [0.4, 0.5) is 17.6 Å². The van der Waals surface area contributed by atoms with Crippen molar-refractivity contribution < 1.29 is 17.6 Å². The van der Waals surface area contributed by atoms with Crippen molar-refractivity contribution in [3.63, 3.8) is 0 Å². The van der Waals surface area contributed by atoms with Crippen LogP contribution in [-0.4, -0.2) is 0 Å². The predicted octanol–water partition coefficient (Wildman–Crippen LogP) is 13.8. The van der Waals surface area contributed by atoms with Gasteiger partial charge in [-0.1, -0.05) is 113 Å². The van der Waals surface area contributed by atoms with Gasteiger partial charge in [0.15, 0.2) is 0 Å². The monoisotopic (exact) mass is 709 g/mol. The van der Waals surface area contributed by atoms with E-state index in [-0.39, 0.29) is 5.82 Å². The Labute approximate surface area is 300 Å².